The highest BCUT2D eigenvalue weighted by Gasteiger charge is 2.26. The Bertz CT molecular complexity index is 867. The highest BCUT2D eigenvalue weighted by Crippen LogP contribution is 2.37. The number of carbonyl (C=O) groups excluding carboxylic acids is 1. The maximum atomic E-state index is 13.5. The number of amides is 1. The van der Waals surface area contributed by atoms with E-state index in [0.717, 1.165) is 24.0 Å². The lowest BCUT2D eigenvalue weighted by molar-refractivity contribution is -0.384. The first kappa shape index (κ1) is 17.8. The van der Waals surface area contributed by atoms with Crippen molar-refractivity contribution in [2.24, 2.45) is 0 Å². The molecule has 0 fully saturated rings. The van der Waals surface area contributed by atoms with Crippen LogP contribution >= 0.6 is 0 Å². The third-order valence-corrected chi connectivity index (χ3v) is 4.39. The molecule has 0 radical (unpaired) electrons. The predicted octanol–water partition coefficient (Wildman–Crippen LogP) is 3.97. The topological polar surface area (TPSA) is 84.3 Å². The van der Waals surface area contributed by atoms with Crippen LogP contribution in [-0.2, 0) is 6.42 Å². The summed E-state index contributed by atoms with van der Waals surface area (Å²) in [5.74, 6) is -0.685. The van der Waals surface area contributed by atoms with Gasteiger partial charge in [0.25, 0.3) is 11.6 Å². The lowest BCUT2D eigenvalue weighted by Gasteiger charge is -2.16. The van der Waals surface area contributed by atoms with E-state index in [9.17, 15) is 19.3 Å². The SMILES string of the molecule is CC(C)NC(=O)c1ccc(NC2CCc3ccc(F)cc32)c([N+](=O)[O-])c1. The van der Waals surface area contributed by atoms with E-state index in [2.05, 4.69) is 10.6 Å². The van der Waals surface area contributed by atoms with E-state index in [1.54, 1.807) is 12.1 Å². The molecule has 0 bridgehead atoms. The van der Waals surface area contributed by atoms with E-state index in [1.807, 2.05) is 13.8 Å². The molecule has 0 aliphatic heterocycles. The van der Waals surface area contributed by atoms with Crippen LogP contribution in [-0.4, -0.2) is 16.9 Å². The molecule has 136 valence electrons. The van der Waals surface area contributed by atoms with Crippen LogP contribution < -0.4 is 10.6 Å². The van der Waals surface area contributed by atoms with Gasteiger partial charge in [0, 0.05) is 17.7 Å². The Labute approximate surface area is 150 Å². The number of halogens is 1. The van der Waals surface area contributed by atoms with Gasteiger partial charge in [0.1, 0.15) is 11.5 Å². The van der Waals surface area contributed by atoms with Gasteiger partial charge < -0.3 is 10.6 Å². The summed E-state index contributed by atoms with van der Waals surface area (Å²) >= 11 is 0. The molecule has 2 N–H and O–H groups in total. The standard InChI is InChI=1S/C19H20FN3O3/c1-11(2)21-19(24)13-5-8-17(18(9-13)23(25)26)22-16-7-4-12-3-6-14(20)10-15(12)16/h3,5-6,8-11,16,22H,4,7H2,1-2H3,(H,21,24). The van der Waals surface area contributed by atoms with Crippen molar-refractivity contribution in [2.75, 3.05) is 5.32 Å². The van der Waals surface area contributed by atoms with Crippen LogP contribution in [0.4, 0.5) is 15.8 Å². The van der Waals surface area contributed by atoms with Gasteiger partial charge in [0.05, 0.1) is 11.0 Å². The van der Waals surface area contributed by atoms with E-state index < -0.39 is 4.92 Å². The van der Waals surface area contributed by atoms with Gasteiger partial charge in [0.2, 0.25) is 0 Å². The van der Waals surface area contributed by atoms with E-state index >= 15 is 0 Å². The number of nitro groups is 1. The molecule has 1 aliphatic carbocycles. The number of nitrogens with zero attached hydrogens (tertiary/aromatic N) is 1. The predicted molar refractivity (Wildman–Crippen MR) is 96.8 cm³/mol. The van der Waals surface area contributed by atoms with Gasteiger partial charge in [0.15, 0.2) is 0 Å². The van der Waals surface area contributed by atoms with E-state index in [-0.39, 0.29) is 35.1 Å². The van der Waals surface area contributed by atoms with Crippen molar-refractivity contribution in [1.82, 2.24) is 5.32 Å². The summed E-state index contributed by atoms with van der Waals surface area (Å²) in [6.07, 6.45) is 1.52. The molecule has 0 saturated heterocycles. The molecular weight excluding hydrogens is 337 g/mol. The highest BCUT2D eigenvalue weighted by molar-refractivity contribution is 5.95. The number of hydrogen-bond acceptors (Lipinski definition) is 4. The molecule has 1 amide bonds. The van der Waals surface area contributed by atoms with Crippen LogP contribution in [0.3, 0.4) is 0 Å². The van der Waals surface area contributed by atoms with Crippen molar-refractivity contribution in [1.29, 1.82) is 0 Å². The number of hydrogen-bond donors (Lipinski definition) is 2. The molecule has 6 nitrogen and oxygen atoms in total. The molecule has 3 rings (SSSR count). The van der Waals surface area contributed by atoms with Gasteiger partial charge in [-0.25, -0.2) is 4.39 Å². The fourth-order valence-corrected chi connectivity index (χ4v) is 3.20. The molecular formula is C19H20FN3O3. The van der Waals surface area contributed by atoms with Crippen molar-refractivity contribution in [2.45, 2.75) is 38.8 Å². The quantitative estimate of drug-likeness (QED) is 0.626. The number of nitrogens with one attached hydrogen (secondary N) is 2. The Balaban J connectivity index is 1.88. The van der Waals surface area contributed by atoms with E-state index in [0.29, 0.717) is 5.69 Å². The molecule has 0 heterocycles. The van der Waals surface area contributed by atoms with Crippen LogP contribution in [0.2, 0.25) is 0 Å². The number of carbonyl (C=O) groups is 1. The Morgan fingerprint density at radius 3 is 2.73 bits per heavy atom. The fourth-order valence-electron chi connectivity index (χ4n) is 3.20. The molecule has 1 unspecified atom stereocenters. The van der Waals surface area contributed by atoms with Crippen LogP contribution in [0.5, 0.6) is 0 Å². The molecule has 1 aliphatic rings. The first-order chi connectivity index (χ1) is 12.3. The monoisotopic (exact) mass is 357 g/mol. The minimum Gasteiger partial charge on any atom is -0.373 e. The fraction of sp³-hybridized carbons (Fsp3) is 0.316. The first-order valence-corrected chi connectivity index (χ1v) is 8.49. The van der Waals surface area contributed by atoms with Gasteiger partial charge in [-0.15, -0.1) is 0 Å². The summed E-state index contributed by atoms with van der Waals surface area (Å²) in [6, 6.07) is 8.72. The number of benzene rings is 2. The molecule has 0 aromatic heterocycles. The molecule has 0 saturated carbocycles. The Hall–Kier alpha value is -2.96. The lowest BCUT2D eigenvalue weighted by Crippen LogP contribution is -2.30. The zero-order valence-electron chi connectivity index (χ0n) is 14.6. The number of fused-ring (bicyclic) bond motifs is 1. The van der Waals surface area contributed by atoms with Gasteiger partial charge in [-0.05, 0) is 62.1 Å². The normalized spacial score (nSPS) is 15.6. The van der Waals surface area contributed by atoms with Crippen LogP contribution in [0.25, 0.3) is 0 Å². The van der Waals surface area contributed by atoms with Gasteiger partial charge in [-0.3, -0.25) is 14.9 Å². The summed E-state index contributed by atoms with van der Waals surface area (Å²) in [6.45, 7) is 3.64. The maximum Gasteiger partial charge on any atom is 0.293 e. The summed E-state index contributed by atoms with van der Waals surface area (Å²) in [7, 11) is 0. The maximum absolute atomic E-state index is 13.5. The summed E-state index contributed by atoms with van der Waals surface area (Å²) < 4.78 is 13.5. The average molecular weight is 357 g/mol. The Morgan fingerprint density at radius 1 is 1.27 bits per heavy atom. The van der Waals surface area contributed by atoms with Crippen LogP contribution in [0.1, 0.15) is 47.8 Å². The number of aryl methyl sites for hydroxylation is 1. The smallest absolute Gasteiger partial charge is 0.293 e. The number of nitro benzene ring substituents is 1. The van der Waals surface area contributed by atoms with E-state index in [4.69, 9.17) is 0 Å². The number of rotatable bonds is 5. The molecule has 0 spiro atoms. The van der Waals surface area contributed by atoms with Crippen LogP contribution in [0, 0.1) is 15.9 Å². The minimum atomic E-state index is -0.518. The molecule has 26 heavy (non-hydrogen) atoms. The Kier molecular flexibility index (Phi) is 4.88. The van der Waals surface area contributed by atoms with Crippen molar-refractivity contribution in [3.05, 3.63) is 69.0 Å². The second kappa shape index (κ2) is 7.11. The van der Waals surface area contributed by atoms with E-state index in [1.165, 1.54) is 24.3 Å². The minimum absolute atomic E-state index is 0.0655. The van der Waals surface area contributed by atoms with Gasteiger partial charge >= 0.3 is 0 Å². The second-order valence-electron chi connectivity index (χ2n) is 6.70. The molecule has 2 aromatic carbocycles. The zero-order valence-corrected chi connectivity index (χ0v) is 14.6. The summed E-state index contributed by atoms with van der Waals surface area (Å²) in [5, 5.41) is 17.3. The second-order valence-corrected chi connectivity index (χ2v) is 6.70. The van der Waals surface area contributed by atoms with Crippen molar-refractivity contribution in [3.8, 4) is 0 Å². The molecule has 7 heteroatoms. The summed E-state index contributed by atoms with van der Waals surface area (Å²) in [4.78, 5) is 23.0. The third kappa shape index (κ3) is 3.66. The van der Waals surface area contributed by atoms with Gasteiger partial charge in [-0.2, -0.15) is 0 Å². The molecule has 2 aromatic rings. The van der Waals surface area contributed by atoms with Crippen LogP contribution in [0.15, 0.2) is 36.4 Å². The Morgan fingerprint density at radius 2 is 2.04 bits per heavy atom. The molecule has 1 atom stereocenters. The van der Waals surface area contributed by atoms with Crippen molar-refractivity contribution in [3.63, 3.8) is 0 Å². The zero-order chi connectivity index (χ0) is 18.8. The lowest BCUT2D eigenvalue weighted by atomic mass is 10.1. The average Bonchev–Trinajstić information content (AvgIpc) is 2.96. The number of anilines is 1. The highest BCUT2D eigenvalue weighted by atomic mass is 19.1. The largest absolute Gasteiger partial charge is 0.373 e. The first-order valence-electron chi connectivity index (χ1n) is 8.49. The third-order valence-electron chi connectivity index (χ3n) is 4.39. The van der Waals surface area contributed by atoms with Gasteiger partial charge in [-0.1, -0.05) is 6.07 Å². The van der Waals surface area contributed by atoms with Crippen molar-refractivity contribution >= 4 is 17.3 Å². The van der Waals surface area contributed by atoms with Crippen molar-refractivity contribution < 1.29 is 14.1 Å². The summed E-state index contributed by atoms with van der Waals surface area (Å²) in [5.41, 5.74) is 2.23.